The lowest BCUT2D eigenvalue weighted by Crippen LogP contribution is -2.44. The zero-order valence-corrected chi connectivity index (χ0v) is 18.5. The first-order valence-corrected chi connectivity index (χ1v) is 10.3. The number of nitrogens with zero attached hydrogens (tertiary/aromatic N) is 2. The predicted octanol–water partition coefficient (Wildman–Crippen LogP) is 4.74. The molecule has 4 aromatic rings. The van der Waals surface area contributed by atoms with Gasteiger partial charge >= 0.3 is 6.03 Å². The molecule has 3 aromatic carbocycles. The van der Waals surface area contributed by atoms with Crippen LogP contribution >= 0.6 is 0 Å². The zero-order chi connectivity index (χ0) is 23.9. The minimum Gasteiger partial charge on any atom is -0.493 e. The van der Waals surface area contributed by atoms with E-state index in [2.05, 4.69) is 15.7 Å². The highest BCUT2D eigenvalue weighted by Crippen LogP contribution is 2.37. The maximum absolute atomic E-state index is 12.7. The van der Waals surface area contributed by atoms with Crippen molar-refractivity contribution in [1.29, 1.82) is 0 Å². The van der Waals surface area contributed by atoms with E-state index in [4.69, 9.17) is 14.2 Å². The number of hydrazine groups is 1. The van der Waals surface area contributed by atoms with E-state index < -0.39 is 6.03 Å². The van der Waals surface area contributed by atoms with E-state index >= 15 is 0 Å². The molecule has 3 amide bonds. The summed E-state index contributed by atoms with van der Waals surface area (Å²) in [7, 11) is 3.13. The van der Waals surface area contributed by atoms with E-state index in [0.29, 0.717) is 46.3 Å². The van der Waals surface area contributed by atoms with Crippen LogP contribution in [0.4, 0.5) is 16.2 Å². The van der Waals surface area contributed by atoms with Crippen LogP contribution in [0.2, 0.25) is 0 Å². The summed E-state index contributed by atoms with van der Waals surface area (Å²) in [6.07, 6.45) is 2.09. The number of aromatic nitrogens is 1. The standard InChI is InChI=1S/C25H22N4O5/c1-32-23-14-20-21(15-24(23)33-2)26-13-12-22(20)34-19-10-8-17(9-11-19)28-25(31)29(27-16-30)18-6-4-3-5-7-18/h3-16H,1-2H3,(H,27,30)(H,28,31). The Bertz CT molecular complexity index is 1300. The number of anilines is 2. The normalized spacial score (nSPS) is 10.3. The first-order chi connectivity index (χ1) is 16.6. The van der Waals surface area contributed by atoms with Gasteiger partial charge in [0.15, 0.2) is 11.5 Å². The number of fused-ring (bicyclic) bond motifs is 1. The summed E-state index contributed by atoms with van der Waals surface area (Å²) in [6.45, 7) is 0. The molecule has 0 spiro atoms. The smallest absolute Gasteiger partial charge is 0.345 e. The molecule has 34 heavy (non-hydrogen) atoms. The quantitative estimate of drug-likeness (QED) is 0.292. The van der Waals surface area contributed by atoms with Gasteiger partial charge in [0.1, 0.15) is 11.5 Å². The van der Waals surface area contributed by atoms with E-state index in [0.717, 1.165) is 10.4 Å². The van der Waals surface area contributed by atoms with Crippen molar-refractivity contribution in [2.45, 2.75) is 0 Å². The van der Waals surface area contributed by atoms with E-state index in [-0.39, 0.29) is 0 Å². The van der Waals surface area contributed by atoms with E-state index in [1.165, 1.54) is 0 Å². The first kappa shape index (κ1) is 22.4. The van der Waals surface area contributed by atoms with Crippen molar-refractivity contribution in [3.05, 3.63) is 79.0 Å². The van der Waals surface area contributed by atoms with Crippen molar-refractivity contribution in [2.24, 2.45) is 0 Å². The average Bonchev–Trinajstić information content (AvgIpc) is 2.88. The molecule has 172 valence electrons. The fraction of sp³-hybridized carbons (Fsp3) is 0.0800. The van der Waals surface area contributed by atoms with Crippen LogP contribution in [0.25, 0.3) is 10.9 Å². The van der Waals surface area contributed by atoms with Crippen LogP contribution in [0, 0.1) is 0 Å². The molecule has 4 rings (SSSR count). The molecular weight excluding hydrogens is 436 g/mol. The van der Waals surface area contributed by atoms with Gasteiger partial charge in [0.2, 0.25) is 6.41 Å². The number of hydrogen-bond donors (Lipinski definition) is 2. The zero-order valence-electron chi connectivity index (χ0n) is 18.5. The molecule has 0 aliphatic carbocycles. The Morgan fingerprint density at radius 3 is 2.29 bits per heavy atom. The summed E-state index contributed by atoms with van der Waals surface area (Å²) in [4.78, 5) is 28.0. The number of ether oxygens (including phenoxy) is 3. The van der Waals surface area contributed by atoms with Crippen molar-refractivity contribution < 1.29 is 23.8 Å². The summed E-state index contributed by atoms with van der Waals surface area (Å²) < 4.78 is 16.8. The van der Waals surface area contributed by atoms with Gasteiger partial charge < -0.3 is 19.5 Å². The molecule has 0 fully saturated rings. The number of carbonyl (C=O) groups is 2. The largest absolute Gasteiger partial charge is 0.493 e. The van der Waals surface area contributed by atoms with Gasteiger partial charge in [-0.25, -0.2) is 9.80 Å². The molecular formula is C25H22N4O5. The fourth-order valence-electron chi connectivity index (χ4n) is 3.33. The number of hydrogen-bond acceptors (Lipinski definition) is 6. The number of pyridine rings is 1. The molecule has 1 heterocycles. The second-order valence-corrected chi connectivity index (χ2v) is 7.01. The predicted molar refractivity (Wildman–Crippen MR) is 129 cm³/mol. The van der Waals surface area contributed by atoms with Crippen molar-refractivity contribution in [2.75, 3.05) is 24.5 Å². The maximum Gasteiger partial charge on any atom is 0.345 e. The minimum atomic E-state index is -0.520. The highest BCUT2D eigenvalue weighted by molar-refractivity contribution is 6.02. The Balaban J connectivity index is 1.51. The topological polar surface area (TPSA) is 102 Å². The van der Waals surface area contributed by atoms with Crippen LogP contribution in [0.5, 0.6) is 23.0 Å². The Morgan fingerprint density at radius 2 is 1.62 bits per heavy atom. The van der Waals surface area contributed by atoms with Crippen molar-refractivity contribution in [3.8, 4) is 23.0 Å². The van der Waals surface area contributed by atoms with Gasteiger partial charge in [-0.3, -0.25) is 15.2 Å². The molecule has 2 N–H and O–H groups in total. The van der Waals surface area contributed by atoms with Crippen LogP contribution in [-0.4, -0.2) is 31.6 Å². The Labute approximate surface area is 195 Å². The molecule has 0 unspecified atom stereocenters. The molecule has 1 aromatic heterocycles. The summed E-state index contributed by atoms with van der Waals surface area (Å²) in [5.74, 6) is 2.30. The van der Waals surface area contributed by atoms with Gasteiger partial charge in [-0.2, -0.15) is 0 Å². The molecule has 0 aliphatic heterocycles. The lowest BCUT2D eigenvalue weighted by atomic mass is 10.2. The van der Waals surface area contributed by atoms with Crippen LogP contribution in [0.1, 0.15) is 0 Å². The van der Waals surface area contributed by atoms with Gasteiger partial charge in [0.05, 0.1) is 25.4 Å². The molecule has 0 radical (unpaired) electrons. The first-order valence-electron chi connectivity index (χ1n) is 10.3. The Hall–Kier alpha value is -4.79. The molecule has 0 aliphatic rings. The van der Waals surface area contributed by atoms with Crippen molar-refractivity contribution in [1.82, 2.24) is 10.4 Å². The molecule has 9 heteroatoms. The number of methoxy groups -OCH3 is 2. The number of para-hydroxylation sites is 1. The van der Waals surface area contributed by atoms with Crippen LogP contribution in [0.15, 0.2) is 79.0 Å². The van der Waals surface area contributed by atoms with Crippen LogP contribution in [0.3, 0.4) is 0 Å². The highest BCUT2D eigenvalue weighted by Gasteiger charge is 2.16. The third-order valence-electron chi connectivity index (χ3n) is 4.94. The van der Waals surface area contributed by atoms with Gasteiger partial charge in [-0.1, -0.05) is 18.2 Å². The second-order valence-electron chi connectivity index (χ2n) is 7.01. The number of amides is 3. The number of urea groups is 1. The SMILES string of the molecule is COc1cc2nccc(Oc3ccc(NC(=O)N(NC=O)c4ccccc4)cc3)c2cc1OC. The third kappa shape index (κ3) is 4.83. The molecule has 0 saturated carbocycles. The van der Waals surface area contributed by atoms with Gasteiger partial charge in [-0.05, 0) is 48.5 Å². The highest BCUT2D eigenvalue weighted by atomic mass is 16.5. The number of benzene rings is 3. The number of rotatable bonds is 8. The lowest BCUT2D eigenvalue weighted by Gasteiger charge is -2.21. The molecule has 9 nitrogen and oxygen atoms in total. The van der Waals surface area contributed by atoms with Crippen molar-refractivity contribution >= 4 is 34.7 Å². The molecule has 0 saturated heterocycles. The van der Waals surface area contributed by atoms with Crippen LogP contribution < -0.4 is 30.0 Å². The van der Waals surface area contributed by atoms with E-state index in [1.54, 1.807) is 81.1 Å². The fourth-order valence-corrected chi connectivity index (χ4v) is 3.33. The van der Waals surface area contributed by atoms with Gasteiger partial charge in [0.25, 0.3) is 0 Å². The summed E-state index contributed by atoms with van der Waals surface area (Å²) in [5.41, 5.74) is 4.13. The average molecular weight is 458 g/mol. The minimum absolute atomic E-state index is 0.438. The summed E-state index contributed by atoms with van der Waals surface area (Å²) in [5, 5.41) is 4.62. The maximum atomic E-state index is 12.7. The number of nitrogens with one attached hydrogen (secondary N) is 2. The Kier molecular flexibility index (Phi) is 6.73. The lowest BCUT2D eigenvalue weighted by molar-refractivity contribution is -0.109. The van der Waals surface area contributed by atoms with E-state index in [9.17, 15) is 9.59 Å². The van der Waals surface area contributed by atoms with E-state index in [1.807, 2.05) is 12.1 Å². The Morgan fingerprint density at radius 1 is 0.912 bits per heavy atom. The third-order valence-corrected chi connectivity index (χ3v) is 4.94. The van der Waals surface area contributed by atoms with Crippen LogP contribution in [-0.2, 0) is 4.79 Å². The van der Waals surface area contributed by atoms with Gasteiger partial charge in [0, 0.05) is 23.3 Å². The monoisotopic (exact) mass is 458 g/mol. The van der Waals surface area contributed by atoms with Gasteiger partial charge in [-0.15, -0.1) is 0 Å². The molecule has 0 bridgehead atoms. The second kappa shape index (κ2) is 10.2. The summed E-state index contributed by atoms with van der Waals surface area (Å²) >= 11 is 0. The number of carbonyl (C=O) groups excluding carboxylic acids is 2. The van der Waals surface area contributed by atoms with Crippen molar-refractivity contribution in [3.63, 3.8) is 0 Å². The molecule has 0 atom stereocenters. The summed E-state index contributed by atoms with van der Waals surface area (Å²) in [6, 6.07) is 20.4.